The topological polar surface area (TPSA) is 47.4 Å². The summed E-state index contributed by atoms with van der Waals surface area (Å²) in [5, 5.41) is 4.37. The third-order valence-electron chi connectivity index (χ3n) is 4.97. The van der Waals surface area contributed by atoms with Gasteiger partial charge in [-0.3, -0.25) is 4.79 Å². The number of rotatable bonds is 5. The van der Waals surface area contributed by atoms with Crippen LogP contribution in [0.25, 0.3) is 11.8 Å². The van der Waals surface area contributed by atoms with Crippen molar-refractivity contribution in [3.05, 3.63) is 83.7 Å². The predicted molar refractivity (Wildman–Crippen MR) is 111 cm³/mol. The van der Waals surface area contributed by atoms with Crippen LogP contribution >= 0.6 is 0 Å². The number of allylic oxidation sites excluding steroid dienone is 1. The van der Waals surface area contributed by atoms with Crippen LogP contribution in [0.5, 0.6) is 0 Å². The molecule has 5 nitrogen and oxygen atoms in total. The normalized spacial score (nSPS) is 14.5. The van der Waals surface area contributed by atoms with Crippen LogP contribution in [0.15, 0.2) is 66.9 Å². The SMILES string of the molecule is Cc1c(C(=O)C=Cc2ccc(N3CCOCC3)cc2)cnn1-c1ccccc1. The summed E-state index contributed by atoms with van der Waals surface area (Å²) in [6.07, 6.45) is 5.10. The zero-order valence-electron chi connectivity index (χ0n) is 15.9. The minimum Gasteiger partial charge on any atom is -0.378 e. The zero-order chi connectivity index (χ0) is 19.3. The van der Waals surface area contributed by atoms with Crippen LogP contribution in [0.2, 0.25) is 0 Å². The summed E-state index contributed by atoms with van der Waals surface area (Å²) in [6, 6.07) is 18.1. The van der Waals surface area contributed by atoms with Gasteiger partial charge in [-0.1, -0.05) is 36.4 Å². The Balaban J connectivity index is 1.46. The number of carbonyl (C=O) groups is 1. The summed E-state index contributed by atoms with van der Waals surface area (Å²) in [6.45, 7) is 5.28. The molecule has 3 aromatic rings. The average Bonchev–Trinajstić information content (AvgIpc) is 3.15. The fraction of sp³-hybridized carbons (Fsp3) is 0.217. The highest BCUT2D eigenvalue weighted by atomic mass is 16.5. The Hall–Kier alpha value is -3.18. The number of nitrogens with zero attached hydrogens (tertiary/aromatic N) is 3. The molecule has 0 unspecified atom stereocenters. The van der Waals surface area contributed by atoms with E-state index in [9.17, 15) is 4.79 Å². The number of carbonyl (C=O) groups excluding carboxylic acids is 1. The molecule has 0 saturated carbocycles. The van der Waals surface area contributed by atoms with Crippen molar-refractivity contribution < 1.29 is 9.53 Å². The Morgan fingerprint density at radius 1 is 1.00 bits per heavy atom. The highest BCUT2D eigenvalue weighted by Gasteiger charge is 2.13. The van der Waals surface area contributed by atoms with Crippen molar-refractivity contribution in [3.8, 4) is 5.69 Å². The van der Waals surface area contributed by atoms with Crippen molar-refractivity contribution in [2.75, 3.05) is 31.2 Å². The first-order valence-electron chi connectivity index (χ1n) is 9.47. The third-order valence-corrected chi connectivity index (χ3v) is 4.97. The van der Waals surface area contributed by atoms with Gasteiger partial charge < -0.3 is 9.64 Å². The second-order valence-electron chi connectivity index (χ2n) is 6.78. The lowest BCUT2D eigenvalue weighted by atomic mass is 10.1. The number of aromatic nitrogens is 2. The maximum Gasteiger partial charge on any atom is 0.189 e. The molecule has 1 aliphatic heterocycles. The lowest BCUT2D eigenvalue weighted by Crippen LogP contribution is -2.36. The van der Waals surface area contributed by atoms with E-state index < -0.39 is 0 Å². The Labute approximate surface area is 164 Å². The maximum atomic E-state index is 12.6. The van der Waals surface area contributed by atoms with Gasteiger partial charge in [0.1, 0.15) is 0 Å². The highest BCUT2D eigenvalue weighted by Crippen LogP contribution is 2.18. The summed E-state index contributed by atoms with van der Waals surface area (Å²) >= 11 is 0. The molecule has 0 bridgehead atoms. The van der Waals surface area contributed by atoms with E-state index in [0.29, 0.717) is 5.56 Å². The van der Waals surface area contributed by atoms with Gasteiger partial charge in [0, 0.05) is 18.8 Å². The van der Waals surface area contributed by atoms with E-state index in [1.54, 1.807) is 17.0 Å². The molecule has 0 atom stereocenters. The number of hydrogen-bond acceptors (Lipinski definition) is 4. The summed E-state index contributed by atoms with van der Waals surface area (Å²) in [7, 11) is 0. The largest absolute Gasteiger partial charge is 0.378 e. The number of ketones is 1. The fourth-order valence-corrected chi connectivity index (χ4v) is 3.36. The van der Waals surface area contributed by atoms with Gasteiger partial charge in [-0.15, -0.1) is 0 Å². The average molecular weight is 373 g/mol. The van der Waals surface area contributed by atoms with Crippen LogP contribution in [0.3, 0.4) is 0 Å². The van der Waals surface area contributed by atoms with Gasteiger partial charge in [0.15, 0.2) is 5.78 Å². The Morgan fingerprint density at radius 3 is 2.43 bits per heavy atom. The van der Waals surface area contributed by atoms with Crippen molar-refractivity contribution in [2.24, 2.45) is 0 Å². The quantitative estimate of drug-likeness (QED) is 0.502. The van der Waals surface area contributed by atoms with Crippen LogP contribution in [0.1, 0.15) is 21.6 Å². The van der Waals surface area contributed by atoms with Gasteiger partial charge in [0.25, 0.3) is 0 Å². The maximum absolute atomic E-state index is 12.6. The second kappa shape index (κ2) is 8.23. The van der Waals surface area contributed by atoms with Crippen LogP contribution in [0.4, 0.5) is 5.69 Å². The van der Waals surface area contributed by atoms with Gasteiger partial charge in [-0.2, -0.15) is 5.10 Å². The van der Waals surface area contributed by atoms with Crippen molar-refractivity contribution in [1.29, 1.82) is 0 Å². The molecule has 0 N–H and O–H groups in total. The minimum absolute atomic E-state index is 0.0445. The molecular weight excluding hydrogens is 350 g/mol. The first kappa shape index (κ1) is 18.2. The lowest BCUT2D eigenvalue weighted by molar-refractivity contribution is 0.104. The molecule has 4 rings (SSSR count). The third kappa shape index (κ3) is 3.89. The van der Waals surface area contributed by atoms with Crippen LogP contribution < -0.4 is 4.90 Å². The van der Waals surface area contributed by atoms with Crippen molar-refractivity contribution in [1.82, 2.24) is 9.78 Å². The standard InChI is InChI=1S/C23H23N3O2/c1-18-22(17-24-26(18)21-5-3-2-4-6-21)23(27)12-9-19-7-10-20(11-8-19)25-13-15-28-16-14-25/h2-12,17H,13-16H2,1H3. The summed E-state index contributed by atoms with van der Waals surface area (Å²) in [4.78, 5) is 14.9. The van der Waals surface area contributed by atoms with Gasteiger partial charge in [0.2, 0.25) is 0 Å². The molecule has 1 fully saturated rings. The highest BCUT2D eigenvalue weighted by molar-refractivity contribution is 6.07. The molecule has 5 heteroatoms. The number of hydrogen-bond donors (Lipinski definition) is 0. The molecule has 0 aliphatic carbocycles. The summed E-state index contributed by atoms with van der Waals surface area (Å²) < 4.78 is 7.18. The molecule has 142 valence electrons. The van der Waals surface area contributed by atoms with Gasteiger partial charge in [-0.05, 0) is 42.8 Å². The Morgan fingerprint density at radius 2 is 1.71 bits per heavy atom. The van der Waals surface area contributed by atoms with Crippen LogP contribution in [-0.2, 0) is 4.74 Å². The molecule has 0 spiro atoms. The molecular formula is C23H23N3O2. The van der Waals surface area contributed by atoms with E-state index in [1.165, 1.54) is 5.69 Å². The minimum atomic E-state index is -0.0445. The number of benzene rings is 2. The van der Waals surface area contributed by atoms with E-state index >= 15 is 0 Å². The number of anilines is 1. The zero-order valence-corrected chi connectivity index (χ0v) is 15.9. The Bertz CT molecular complexity index is 969. The van der Waals surface area contributed by atoms with Crippen molar-refractivity contribution in [3.63, 3.8) is 0 Å². The molecule has 0 amide bonds. The molecule has 2 heterocycles. The van der Waals surface area contributed by atoms with E-state index in [1.807, 2.05) is 55.5 Å². The smallest absolute Gasteiger partial charge is 0.189 e. The summed E-state index contributed by atoms with van der Waals surface area (Å²) in [5.74, 6) is -0.0445. The van der Waals surface area contributed by atoms with Gasteiger partial charge >= 0.3 is 0 Å². The van der Waals surface area contributed by atoms with E-state index in [2.05, 4.69) is 22.1 Å². The first-order valence-corrected chi connectivity index (χ1v) is 9.47. The van der Waals surface area contributed by atoms with Crippen LogP contribution in [0, 0.1) is 6.92 Å². The number of para-hydroxylation sites is 1. The van der Waals surface area contributed by atoms with Gasteiger partial charge in [-0.25, -0.2) is 4.68 Å². The molecule has 1 aromatic heterocycles. The molecule has 28 heavy (non-hydrogen) atoms. The number of ether oxygens (including phenoxy) is 1. The van der Waals surface area contributed by atoms with Crippen molar-refractivity contribution >= 4 is 17.5 Å². The van der Waals surface area contributed by atoms with Crippen molar-refractivity contribution in [2.45, 2.75) is 6.92 Å². The Kier molecular flexibility index (Phi) is 5.35. The van der Waals surface area contributed by atoms with Gasteiger partial charge in [0.05, 0.1) is 36.4 Å². The second-order valence-corrected chi connectivity index (χ2v) is 6.78. The van der Waals surface area contributed by atoms with Crippen LogP contribution in [-0.4, -0.2) is 41.9 Å². The lowest BCUT2D eigenvalue weighted by Gasteiger charge is -2.28. The predicted octanol–water partition coefficient (Wildman–Crippen LogP) is 3.91. The van der Waals surface area contributed by atoms with E-state index in [-0.39, 0.29) is 5.78 Å². The fourth-order valence-electron chi connectivity index (χ4n) is 3.36. The molecule has 1 saturated heterocycles. The monoisotopic (exact) mass is 373 g/mol. The molecule has 2 aromatic carbocycles. The number of morpholine rings is 1. The first-order chi connectivity index (χ1) is 13.7. The molecule has 1 aliphatic rings. The molecule has 0 radical (unpaired) electrons. The van der Waals surface area contributed by atoms with E-state index in [4.69, 9.17) is 4.74 Å². The summed E-state index contributed by atoms with van der Waals surface area (Å²) in [5.41, 5.74) is 4.58. The van der Waals surface area contributed by atoms with E-state index in [0.717, 1.165) is 43.2 Å².